The smallest absolute Gasteiger partial charge is 0.220 e. The Morgan fingerprint density at radius 2 is 2.46 bits per heavy atom. The summed E-state index contributed by atoms with van der Waals surface area (Å²) in [7, 11) is 0. The number of rotatable bonds is 2. The third-order valence-corrected chi connectivity index (χ3v) is 3.81. The summed E-state index contributed by atoms with van der Waals surface area (Å²) >= 11 is 5.17. The Labute approximate surface area is 89.5 Å². The Morgan fingerprint density at radius 3 is 3.00 bits per heavy atom. The van der Waals surface area contributed by atoms with Crippen molar-refractivity contribution < 1.29 is 4.79 Å². The molecule has 1 aliphatic heterocycles. The maximum absolute atomic E-state index is 10.9. The van der Waals surface area contributed by atoms with E-state index in [9.17, 15) is 4.79 Å². The molecule has 0 spiro atoms. The minimum atomic E-state index is 0.195. The first-order valence-corrected chi connectivity index (χ1v) is 5.88. The van der Waals surface area contributed by atoms with Crippen molar-refractivity contribution in [3.8, 4) is 0 Å². The molecule has 0 aliphatic carbocycles. The number of nitrogens with one attached hydrogen (secondary N) is 1. The van der Waals surface area contributed by atoms with Crippen molar-refractivity contribution in [3.05, 3.63) is 20.8 Å². The summed E-state index contributed by atoms with van der Waals surface area (Å²) in [5.41, 5.74) is 0. The second-order valence-corrected chi connectivity index (χ2v) is 5.76. The molecule has 2 heterocycles. The minimum Gasteiger partial charge on any atom is -0.353 e. The van der Waals surface area contributed by atoms with Crippen molar-refractivity contribution in [2.75, 3.05) is 0 Å². The molecule has 1 aromatic rings. The number of carbonyl (C=O) groups is 1. The average Bonchev–Trinajstić information content (AvgIpc) is 2.62. The van der Waals surface area contributed by atoms with Gasteiger partial charge < -0.3 is 5.32 Å². The van der Waals surface area contributed by atoms with E-state index in [0.717, 1.165) is 16.6 Å². The number of hydrogen-bond donors (Lipinski definition) is 1. The number of halogens is 1. The van der Waals surface area contributed by atoms with Crippen LogP contribution in [0.4, 0.5) is 0 Å². The summed E-state index contributed by atoms with van der Waals surface area (Å²) in [6.45, 7) is 0. The van der Waals surface area contributed by atoms with Crippen molar-refractivity contribution in [3.63, 3.8) is 0 Å². The predicted molar refractivity (Wildman–Crippen MR) is 56.9 cm³/mol. The molecule has 0 bridgehead atoms. The summed E-state index contributed by atoms with van der Waals surface area (Å²) < 4.78 is 1.16. The Kier molecular flexibility index (Phi) is 2.69. The molecule has 0 aromatic carbocycles. The van der Waals surface area contributed by atoms with Crippen LogP contribution in [0, 0.1) is 0 Å². The fourth-order valence-corrected chi connectivity index (χ4v) is 3.10. The molecule has 0 radical (unpaired) electrons. The van der Waals surface area contributed by atoms with Gasteiger partial charge >= 0.3 is 0 Å². The predicted octanol–water partition coefficient (Wildman–Crippen LogP) is 2.33. The fourth-order valence-electron chi connectivity index (χ4n) is 1.53. The molecule has 1 atom stereocenters. The highest BCUT2D eigenvalue weighted by Crippen LogP contribution is 2.24. The van der Waals surface area contributed by atoms with E-state index in [4.69, 9.17) is 0 Å². The summed E-state index contributed by atoms with van der Waals surface area (Å²) in [4.78, 5) is 12.3. The zero-order valence-electron chi connectivity index (χ0n) is 7.05. The van der Waals surface area contributed by atoms with Crippen LogP contribution in [0.25, 0.3) is 0 Å². The lowest BCUT2D eigenvalue weighted by Gasteiger charge is -2.06. The lowest BCUT2D eigenvalue weighted by Crippen LogP contribution is -2.26. The summed E-state index contributed by atoms with van der Waals surface area (Å²) in [5.74, 6) is 0.195. The van der Waals surface area contributed by atoms with Gasteiger partial charge in [0.2, 0.25) is 5.91 Å². The van der Waals surface area contributed by atoms with Crippen LogP contribution in [-0.4, -0.2) is 11.9 Å². The molecule has 2 rings (SSSR count). The Hall–Kier alpha value is -0.350. The molecule has 1 aliphatic rings. The van der Waals surface area contributed by atoms with Gasteiger partial charge in [-0.3, -0.25) is 4.79 Å². The molecular weight excluding hydrogens is 250 g/mol. The van der Waals surface area contributed by atoms with E-state index < -0.39 is 0 Å². The Morgan fingerprint density at radius 1 is 1.62 bits per heavy atom. The van der Waals surface area contributed by atoms with Gasteiger partial charge in [0.1, 0.15) is 0 Å². The second-order valence-electron chi connectivity index (χ2n) is 3.21. The van der Waals surface area contributed by atoms with Crippen molar-refractivity contribution in [1.29, 1.82) is 0 Å². The van der Waals surface area contributed by atoms with Crippen LogP contribution in [-0.2, 0) is 11.2 Å². The molecule has 70 valence electrons. The molecule has 4 heteroatoms. The van der Waals surface area contributed by atoms with E-state index in [1.807, 2.05) is 0 Å². The first kappa shape index (κ1) is 9.21. The van der Waals surface area contributed by atoms with Crippen molar-refractivity contribution in [1.82, 2.24) is 5.32 Å². The maximum atomic E-state index is 10.9. The lowest BCUT2D eigenvalue weighted by molar-refractivity contribution is -0.119. The number of hydrogen-bond acceptors (Lipinski definition) is 2. The van der Waals surface area contributed by atoms with Crippen LogP contribution < -0.4 is 5.32 Å². The van der Waals surface area contributed by atoms with E-state index in [2.05, 4.69) is 33.4 Å². The van der Waals surface area contributed by atoms with E-state index >= 15 is 0 Å². The molecule has 1 unspecified atom stereocenters. The van der Waals surface area contributed by atoms with Gasteiger partial charge in [-0.05, 0) is 34.5 Å². The standard InChI is InChI=1S/C9H10BrNOS/c10-8-3-2-7(13-8)5-6-1-4-9(12)11-6/h2-3,6H,1,4-5H2,(H,11,12). The van der Waals surface area contributed by atoms with E-state index in [1.165, 1.54) is 4.88 Å². The molecule has 1 aromatic heterocycles. The Bertz CT molecular complexity index is 323. The topological polar surface area (TPSA) is 29.1 Å². The van der Waals surface area contributed by atoms with Crippen LogP contribution in [0.3, 0.4) is 0 Å². The van der Waals surface area contributed by atoms with Gasteiger partial charge in [0.05, 0.1) is 3.79 Å². The molecule has 1 saturated heterocycles. The normalized spacial score (nSPS) is 21.9. The van der Waals surface area contributed by atoms with Crippen LogP contribution >= 0.6 is 27.3 Å². The largest absolute Gasteiger partial charge is 0.353 e. The molecule has 1 amide bonds. The van der Waals surface area contributed by atoms with Gasteiger partial charge in [-0.15, -0.1) is 11.3 Å². The first-order chi connectivity index (χ1) is 6.24. The van der Waals surface area contributed by atoms with Gasteiger partial charge in [0.15, 0.2) is 0 Å². The average molecular weight is 260 g/mol. The van der Waals surface area contributed by atoms with E-state index in [0.29, 0.717) is 12.5 Å². The molecule has 13 heavy (non-hydrogen) atoms. The van der Waals surface area contributed by atoms with Gasteiger partial charge in [0.25, 0.3) is 0 Å². The highest BCUT2D eigenvalue weighted by atomic mass is 79.9. The van der Waals surface area contributed by atoms with Crippen LogP contribution in [0.15, 0.2) is 15.9 Å². The number of thiophene rings is 1. The maximum Gasteiger partial charge on any atom is 0.220 e. The van der Waals surface area contributed by atoms with Gasteiger partial charge in [-0.25, -0.2) is 0 Å². The number of carbonyl (C=O) groups excluding carboxylic acids is 1. The zero-order chi connectivity index (χ0) is 9.26. The summed E-state index contributed by atoms with van der Waals surface area (Å²) in [5, 5.41) is 2.96. The molecule has 1 fully saturated rings. The summed E-state index contributed by atoms with van der Waals surface area (Å²) in [6.07, 6.45) is 2.65. The Balaban J connectivity index is 1.95. The van der Waals surface area contributed by atoms with Gasteiger partial charge in [0, 0.05) is 23.8 Å². The van der Waals surface area contributed by atoms with E-state index in [1.54, 1.807) is 11.3 Å². The third-order valence-electron chi connectivity index (χ3n) is 2.16. The van der Waals surface area contributed by atoms with Crippen molar-refractivity contribution >= 4 is 33.2 Å². The number of amides is 1. The van der Waals surface area contributed by atoms with Gasteiger partial charge in [-0.2, -0.15) is 0 Å². The first-order valence-electron chi connectivity index (χ1n) is 4.27. The fraction of sp³-hybridized carbons (Fsp3) is 0.444. The van der Waals surface area contributed by atoms with E-state index in [-0.39, 0.29) is 5.91 Å². The van der Waals surface area contributed by atoms with Crippen LogP contribution in [0.5, 0.6) is 0 Å². The van der Waals surface area contributed by atoms with Crippen molar-refractivity contribution in [2.45, 2.75) is 25.3 Å². The monoisotopic (exact) mass is 259 g/mol. The lowest BCUT2D eigenvalue weighted by atomic mass is 10.1. The summed E-state index contributed by atoms with van der Waals surface area (Å²) in [6, 6.07) is 4.52. The third kappa shape index (κ3) is 2.31. The zero-order valence-corrected chi connectivity index (χ0v) is 9.45. The van der Waals surface area contributed by atoms with Gasteiger partial charge in [-0.1, -0.05) is 0 Å². The molecular formula is C9H10BrNOS. The molecule has 2 nitrogen and oxygen atoms in total. The second kappa shape index (κ2) is 3.80. The minimum absolute atomic E-state index is 0.195. The highest BCUT2D eigenvalue weighted by Gasteiger charge is 2.21. The highest BCUT2D eigenvalue weighted by molar-refractivity contribution is 9.11. The molecule has 1 N–H and O–H groups in total. The van der Waals surface area contributed by atoms with Crippen LogP contribution in [0.1, 0.15) is 17.7 Å². The molecule has 0 saturated carbocycles. The van der Waals surface area contributed by atoms with Crippen LogP contribution in [0.2, 0.25) is 0 Å². The van der Waals surface area contributed by atoms with Crippen molar-refractivity contribution in [2.24, 2.45) is 0 Å². The quantitative estimate of drug-likeness (QED) is 0.868. The SMILES string of the molecule is O=C1CCC(Cc2ccc(Br)s2)N1.